The van der Waals surface area contributed by atoms with Crippen molar-refractivity contribution >= 4 is 0 Å². The maximum atomic E-state index is 9.76. The second-order valence-electron chi connectivity index (χ2n) is 7.55. The lowest BCUT2D eigenvalue weighted by atomic mass is 9.76. The molecule has 1 aliphatic heterocycles. The Morgan fingerprint density at radius 3 is 2.19 bits per heavy atom. The second-order valence-corrected chi connectivity index (χ2v) is 7.55. The van der Waals surface area contributed by atoms with Crippen LogP contribution >= 0.6 is 0 Å². The number of fused-ring (bicyclic) bond motifs is 1. The highest BCUT2D eigenvalue weighted by atomic mass is 14.9. The van der Waals surface area contributed by atoms with E-state index in [4.69, 9.17) is 0 Å². The summed E-state index contributed by atoms with van der Waals surface area (Å²) in [7, 11) is 0. The van der Waals surface area contributed by atoms with Crippen molar-refractivity contribution in [2.75, 3.05) is 6.54 Å². The number of nitriles is 1. The SMILES string of the molecule is N#Cc1c(C2CCCN2)cc(-c2ccc(-c3ccccc3)cc2)c2c1CC2. The molecule has 5 rings (SSSR count). The van der Waals surface area contributed by atoms with E-state index in [1.807, 2.05) is 6.07 Å². The highest BCUT2D eigenvalue weighted by Crippen LogP contribution is 2.41. The van der Waals surface area contributed by atoms with Crippen LogP contribution in [-0.2, 0) is 12.8 Å². The quantitative estimate of drug-likeness (QED) is 0.685. The molecule has 1 fully saturated rings. The molecule has 1 heterocycles. The van der Waals surface area contributed by atoms with Gasteiger partial charge in [0.05, 0.1) is 11.6 Å². The Labute approximate surface area is 160 Å². The van der Waals surface area contributed by atoms with Crippen LogP contribution in [0.5, 0.6) is 0 Å². The molecule has 1 unspecified atom stereocenters. The van der Waals surface area contributed by atoms with Crippen LogP contribution in [-0.4, -0.2) is 6.54 Å². The molecule has 2 aliphatic rings. The first kappa shape index (κ1) is 16.3. The highest BCUT2D eigenvalue weighted by Gasteiger charge is 2.28. The van der Waals surface area contributed by atoms with Crippen LogP contribution in [0.15, 0.2) is 60.7 Å². The molecule has 132 valence electrons. The molecule has 2 heteroatoms. The standard InChI is InChI=1S/C25H22N2/c26-16-24-21-13-12-20(21)22(15-23(24)25-7-4-14-27-25)19-10-8-18(9-11-19)17-5-2-1-3-6-17/h1-3,5-6,8-11,15,25,27H,4,7,12-14H2. The van der Waals surface area contributed by atoms with Gasteiger partial charge in [0, 0.05) is 6.04 Å². The van der Waals surface area contributed by atoms with E-state index in [0.29, 0.717) is 6.04 Å². The zero-order valence-corrected chi connectivity index (χ0v) is 15.3. The maximum absolute atomic E-state index is 9.76. The Bertz CT molecular complexity index is 1020. The largest absolute Gasteiger partial charge is 0.310 e. The first-order valence-corrected chi connectivity index (χ1v) is 9.83. The molecule has 0 amide bonds. The van der Waals surface area contributed by atoms with Gasteiger partial charge in [-0.15, -0.1) is 0 Å². The van der Waals surface area contributed by atoms with E-state index in [0.717, 1.165) is 31.4 Å². The van der Waals surface area contributed by atoms with Gasteiger partial charge in [-0.1, -0.05) is 54.6 Å². The number of hydrogen-bond acceptors (Lipinski definition) is 2. The molecule has 1 aliphatic carbocycles. The van der Waals surface area contributed by atoms with Crippen molar-refractivity contribution in [1.82, 2.24) is 5.32 Å². The number of nitrogens with zero attached hydrogens (tertiary/aromatic N) is 1. The lowest BCUT2D eigenvalue weighted by Crippen LogP contribution is -2.20. The topological polar surface area (TPSA) is 35.8 Å². The summed E-state index contributed by atoms with van der Waals surface area (Å²) in [5, 5.41) is 13.3. The Kier molecular flexibility index (Phi) is 4.03. The minimum atomic E-state index is 0.327. The molecule has 0 spiro atoms. The van der Waals surface area contributed by atoms with Gasteiger partial charge in [-0.05, 0) is 77.2 Å². The average Bonchev–Trinajstić information content (AvgIpc) is 3.23. The minimum Gasteiger partial charge on any atom is -0.310 e. The van der Waals surface area contributed by atoms with Gasteiger partial charge in [0.15, 0.2) is 0 Å². The maximum Gasteiger partial charge on any atom is 0.0998 e. The fourth-order valence-corrected chi connectivity index (χ4v) is 4.52. The summed E-state index contributed by atoms with van der Waals surface area (Å²) in [6.45, 7) is 1.05. The Morgan fingerprint density at radius 2 is 1.56 bits per heavy atom. The number of rotatable bonds is 3. The van der Waals surface area contributed by atoms with E-state index >= 15 is 0 Å². The molecule has 3 aromatic carbocycles. The molecule has 0 radical (unpaired) electrons. The van der Waals surface area contributed by atoms with Crippen LogP contribution in [0.2, 0.25) is 0 Å². The molecule has 1 saturated heterocycles. The fourth-order valence-electron chi connectivity index (χ4n) is 4.52. The first-order chi connectivity index (χ1) is 13.3. The van der Waals surface area contributed by atoms with Crippen molar-refractivity contribution in [2.24, 2.45) is 0 Å². The van der Waals surface area contributed by atoms with Crippen molar-refractivity contribution in [2.45, 2.75) is 31.7 Å². The van der Waals surface area contributed by atoms with Gasteiger partial charge in [-0.25, -0.2) is 0 Å². The monoisotopic (exact) mass is 350 g/mol. The predicted molar refractivity (Wildman–Crippen MR) is 109 cm³/mol. The van der Waals surface area contributed by atoms with Crippen molar-refractivity contribution in [3.05, 3.63) is 82.9 Å². The van der Waals surface area contributed by atoms with Crippen molar-refractivity contribution in [3.8, 4) is 28.3 Å². The molecule has 1 N–H and O–H groups in total. The van der Waals surface area contributed by atoms with E-state index in [2.05, 4.69) is 66.0 Å². The van der Waals surface area contributed by atoms with Crippen LogP contribution in [0, 0.1) is 11.3 Å². The van der Waals surface area contributed by atoms with E-state index < -0.39 is 0 Å². The van der Waals surface area contributed by atoms with Crippen molar-refractivity contribution < 1.29 is 0 Å². The summed E-state index contributed by atoms with van der Waals surface area (Å²) < 4.78 is 0. The normalized spacial score (nSPS) is 17.8. The summed E-state index contributed by atoms with van der Waals surface area (Å²) in [6.07, 6.45) is 4.43. The fraction of sp³-hybridized carbons (Fsp3) is 0.240. The molecule has 0 bridgehead atoms. The van der Waals surface area contributed by atoms with Gasteiger partial charge in [0.2, 0.25) is 0 Å². The lowest BCUT2D eigenvalue weighted by Gasteiger charge is -2.28. The van der Waals surface area contributed by atoms with E-state index in [-0.39, 0.29) is 0 Å². The van der Waals surface area contributed by atoms with E-state index in [9.17, 15) is 5.26 Å². The van der Waals surface area contributed by atoms with Crippen molar-refractivity contribution in [1.29, 1.82) is 5.26 Å². The Hall–Kier alpha value is -2.89. The smallest absolute Gasteiger partial charge is 0.0998 e. The molecule has 1 atom stereocenters. The molecule has 0 saturated carbocycles. The third-order valence-corrected chi connectivity index (χ3v) is 6.06. The molecule has 3 aromatic rings. The third kappa shape index (κ3) is 2.76. The molecule has 0 aromatic heterocycles. The van der Waals surface area contributed by atoms with Crippen molar-refractivity contribution in [3.63, 3.8) is 0 Å². The lowest BCUT2D eigenvalue weighted by molar-refractivity contribution is 0.642. The molecule has 27 heavy (non-hydrogen) atoms. The van der Waals surface area contributed by atoms with Gasteiger partial charge in [0.1, 0.15) is 0 Å². The Balaban J connectivity index is 1.58. The van der Waals surface area contributed by atoms with Gasteiger partial charge in [0.25, 0.3) is 0 Å². The molecular formula is C25H22N2. The van der Waals surface area contributed by atoms with E-state index in [1.54, 1.807) is 0 Å². The first-order valence-electron chi connectivity index (χ1n) is 9.83. The Morgan fingerprint density at radius 1 is 0.852 bits per heavy atom. The number of nitrogens with one attached hydrogen (secondary N) is 1. The van der Waals surface area contributed by atoms with Crippen LogP contribution in [0.1, 0.15) is 41.1 Å². The third-order valence-electron chi connectivity index (χ3n) is 6.06. The van der Waals surface area contributed by atoms with E-state index in [1.165, 1.54) is 45.4 Å². The van der Waals surface area contributed by atoms with Crippen LogP contribution in [0.4, 0.5) is 0 Å². The van der Waals surface area contributed by atoms with Crippen LogP contribution in [0.25, 0.3) is 22.3 Å². The highest BCUT2D eigenvalue weighted by molar-refractivity contribution is 5.77. The van der Waals surface area contributed by atoms with Gasteiger partial charge < -0.3 is 5.32 Å². The minimum absolute atomic E-state index is 0.327. The molecule has 2 nitrogen and oxygen atoms in total. The molecular weight excluding hydrogens is 328 g/mol. The van der Waals surface area contributed by atoms with Gasteiger partial charge in [-0.3, -0.25) is 0 Å². The zero-order valence-electron chi connectivity index (χ0n) is 15.3. The summed E-state index contributed by atoms with van der Waals surface area (Å²) in [6, 6.07) is 24.5. The summed E-state index contributed by atoms with van der Waals surface area (Å²) >= 11 is 0. The second kappa shape index (κ2) is 6.68. The van der Waals surface area contributed by atoms with Gasteiger partial charge >= 0.3 is 0 Å². The summed E-state index contributed by atoms with van der Waals surface area (Å²) in [5.41, 5.74) is 9.85. The summed E-state index contributed by atoms with van der Waals surface area (Å²) in [5.74, 6) is 0. The summed E-state index contributed by atoms with van der Waals surface area (Å²) in [4.78, 5) is 0. The average molecular weight is 350 g/mol. The van der Waals surface area contributed by atoms with Gasteiger partial charge in [-0.2, -0.15) is 5.26 Å². The number of benzene rings is 3. The zero-order chi connectivity index (χ0) is 18.2. The number of hydrogen-bond donors (Lipinski definition) is 1. The predicted octanol–water partition coefficient (Wildman–Crippen LogP) is 5.42. The van der Waals surface area contributed by atoms with Crippen LogP contribution < -0.4 is 5.32 Å². The van der Waals surface area contributed by atoms with Crippen LogP contribution in [0.3, 0.4) is 0 Å².